The van der Waals surface area contributed by atoms with Gasteiger partial charge in [-0.2, -0.15) is 5.10 Å². The average Bonchev–Trinajstić information content (AvgIpc) is 3.10. The van der Waals surface area contributed by atoms with Crippen LogP contribution < -0.4 is 5.32 Å². The highest BCUT2D eigenvalue weighted by molar-refractivity contribution is 6.06. The second-order valence-electron chi connectivity index (χ2n) is 6.02. The number of carbonyl (C=O) groups excluding carboxylic acids is 2. The molecule has 1 aromatic carbocycles. The number of anilines is 1. The zero-order valence-corrected chi connectivity index (χ0v) is 14.3. The number of hydrogen-bond donors (Lipinski definition) is 2. The van der Waals surface area contributed by atoms with Crippen molar-refractivity contribution in [3.63, 3.8) is 0 Å². The first-order chi connectivity index (χ1) is 12.1. The molecular weight excluding hydrogens is 322 g/mol. The van der Waals surface area contributed by atoms with E-state index in [1.165, 1.54) is 7.11 Å². The van der Waals surface area contributed by atoms with Gasteiger partial charge in [0.25, 0.3) is 5.91 Å². The molecule has 7 nitrogen and oxygen atoms in total. The standard InChI is InChI=1S/C18H21N3O4/c1-11-13(4-3-5-14(11)18(23)24-2)17(22)19-16-10-15(20-21-16)12-6-8-25-9-7-12/h3-5,10,12H,6-9H2,1-2H3,(H2,19,20,21,22). The van der Waals surface area contributed by atoms with Crippen LogP contribution in [0.2, 0.25) is 0 Å². The number of H-pyrrole nitrogens is 1. The van der Waals surface area contributed by atoms with Crippen LogP contribution in [0.1, 0.15) is 50.7 Å². The predicted molar refractivity (Wildman–Crippen MR) is 91.9 cm³/mol. The summed E-state index contributed by atoms with van der Waals surface area (Å²) in [4.78, 5) is 24.3. The number of amides is 1. The lowest BCUT2D eigenvalue weighted by Crippen LogP contribution is -2.16. The van der Waals surface area contributed by atoms with Gasteiger partial charge >= 0.3 is 5.97 Å². The maximum absolute atomic E-state index is 12.5. The highest BCUT2D eigenvalue weighted by Crippen LogP contribution is 2.27. The van der Waals surface area contributed by atoms with Crippen molar-refractivity contribution >= 4 is 17.7 Å². The molecule has 7 heteroatoms. The highest BCUT2D eigenvalue weighted by Gasteiger charge is 2.20. The average molecular weight is 343 g/mol. The lowest BCUT2D eigenvalue weighted by molar-refractivity contribution is 0.0600. The van der Waals surface area contributed by atoms with Crippen LogP contribution in [0.5, 0.6) is 0 Å². The van der Waals surface area contributed by atoms with E-state index in [-0.39, 0.29) is 5.91 Å². The number of nitrogens with zero attached hydrogens (tertiary/aromatic N) is 1. The topological polar surface area (TPSA) is 93.3 Å². The van der Waals surface area contributed by atoms with E-state index < -0.39 is 5.97 Å². The summed E-state index contributed by atoms with van der Waals surface area (Å²) in [6.45, 7) is 3.20. The quantitative estimate of drug-likeness (QED) is 0.833. The summed E-state index contributed by atoms with van der Waals surface area (Å²) < 4.78 is 10.1. The first-order valence-electron chi connectivity index (χ1n) is 8.22. The Morgan fingerprint density at radius 2 is 2.00 bits per heavy atom. The van der Waals surface area contributed by atoms with Gasteiger partial charge in [0.2, 0.25) is 0 Å². The molecule has 132 valence electrons. The second-order valence-corrected chi connectivity index (χ2v) is 6.02. The van der Waals surface area contributed by atoms with E-state index in [0.717, 1.165) is 31.7 Å². The van der Waals surface area contributed by atoms with Gasteiger partial charge in [0.05, 0.1) is 12.7 Å². The van der Waals surface area contributed by atoms with Gasteiger partial charge in [-0.15, -0.1) is 0 Å². The first-order valence-corrected chi connectivity index (χ1v) is 8.22. The number of rotatable bonds is 4. The zero-order valence-electron chi connectivity index (χ0n) is 14.3. The minimum Gasteiger partial charge on any atom is -0.465 e. The van der Waals surface area contributed by atoms with E-state index >= 15 is 0 Å². The monoisotopic (exact) mass is 343 g/mol. The normalized spacial score (nSPS) is 15.0. The Bertz CT molecular complexity index is 778. The van der Waals surface area contributed by atoms with E-state index in [2.05, 4.69) is 15.5 Å². The number of nitrogens with one attached hydrogen (secondary N) is 2. The maximum Gasteiger partial charge on any atom is 0.338 e. The highest BCUT2D eigenvalue weighted by atomic mass is 16.5. The summed E-state index contributed by atoms with van der Waals surface area (Å²) in [6, 6.07) is 6.82. The molecular formula is C18H21N3O4. The van der Waals surface area contributed by atoms with Gasteiger partial charge in [-0.25, -0.2) is 4.79 Å². The van der Waals surface area contributed by atoms with Crippen molar-refractivity contribution in [3.8, 4) is 0 Å². The number of carbonyl (C=O) groups is 2. The number of benzene rings is 1. The molecule has 1 aromatic heterocycles. The Kier molecular flexibility index (Phi) is 5.14. The molecule has 1 saturated heterocycles. The summed E-state index contributed by atoms with van der Waals surface area (Å²) in [7, 11) is 1.32. The van der Waals surface area contributed by atoms with E-state index in [4.69, 9.17) is 9.47 Å². The summed E-state index contributed by atoms with van der Waals surface area (Å²) in [5.41, 5.74) is 2.37. The van der Waals surface area contributed by atoms with Gasteiger partial charge < -0.3 is 14.8 Å². The lowest BCUT2D eigenvalue weighted by Gasteiger charge is -2.20. The zero-order chi connectivity index (χ0) is 17.8. The van der Waals surface area contributed by atoms with Crippen molar-refractivity contribution in [3.05, 3.63) is 46.6 Å². The van der Waals surface area contributed by atoms with Crippen LogP contribution in [-0.2, 0) is 9.47 Å². The van der Waals surface area contributed by atoms with Crippen LogP contribution in [0.3, 0.4) is 0 Å². The van der Waals surface area contributed by atoms with Gasteiger partial charge in [0.15, 0.2) is 5.82 Å². The Morgan fingerprint density at radius 1 is 1.28 bits per heavy atom. The fraction of sp³-hybridized carbons (Fsp3) is 0.389. The molecule has 1 aliphatic heterocycles. The number of hydrogen-bond acceptors (Lipinski definition) is 5. The molecule has 3 rings (SSSR count). The molecule has 1 amide bonds. The molecule has 2 heterocycles. The fourth-order valence-electron chi connectivity index (χ4n) is 3.01. The Hall–Kier alpha value is -2.67. The van der Waals surface area contributed by atoms with Crippen molar-refractivity contribution in [1.82, 2.24) is 10.2 Å². The Balaban J connectivity index is 1.74. The molecule has 0 atom stereocenters. The number of ether oxygens (including phenoxy) is 2. The summed E-state index contributed by atoms with van der Waals surface area (Å²) in [5, 5.41) is 9.94. The number of aromatic amines is 1. The smallest absolute Gasteiger partial charge is 0.338 e. The van der Waals surface area contributed by atoms with Crippen molar-refractivity contribution < 1.29 is 19.1 Å². The Labute approximate surface area is 145 Å². The molecule has 0 spiro atoms. The fourth-order valence-corrected chi connectivity index (χ4v) is 3.01. The molecule has 0 unspecified atom stereocenters. The van der Waals surface area contributed by atoms with Gasteiger partial charge in [-0.05, 0) is 37.5 Å². The number of aromatic nitrogens is 2. The van der Waals surface area contributed by atoms with Crippen LogP contribution in [-0.4, -0.2) is 42.4 Å². The summed E-state index contributed by atoms with van der Waals surface area (Å²) in [5.74, 6) is 0.0626. The van der Waals surface area contributed by atoms with Gasteiger partial charge in [-0.1, -0.05) is 6.07 Å². The van der Waals surface area contributed by atoms with Crippen molar-refractivity contribution in [2.75, 3.05) is 25.6 Å². The van der Waals surface area contributed by atoms with Gasteiger partial charge in [-0.3, -0.25) is 9.89 Å². The first kappa shape index (κ1) is 17.2. The van der Waals surface area contributed by atoms with Crippen LogP contribution in [0, 0.1) is 6.92 Å². The SMILES string of the molecule is COC(=O)c1cccc(C(=O)Nc2cc(C3CCOCC3)[nH]n2)c1C. The summed E-state index contributed by atoms with van der Waals surface area (Å²) >= 11 is 0. The van der Waals surface area contributed by atoms with Gasteiger partial charge in [0.1, 0.15) is 0 Å². The largest absolute Gasteiger partial charge is 0.465 e. The molecule has 2 N–H and O–H groups in total. The van der Waals surface area contributed by atoms with E-state index in [1.807, 2.05) is 6.07 Å². The molecule has 0 radical (unpaired) electrons. The second kappa shape index (κ2) is 7.48. The maximum atomic E-state index is 12.5. The molecule has 1 aliphatic rings. The molecule has 2 aromatic rings. The minimum absolute atomic E-state index is 0.312. The summed E-state index contributed by atoms with van der Waals surface area (Å²) in [6.07, 6.45) is 1.88. The molecule has 1 fully saturated rings. The Morgan fingerprint density at radius 3 is 2.72 bits per heavy atom. The molecule has 0 aliphatic carbocycles. The van der Waals surface area contributed by atoms with Crippen LogP contribution >= 0.6 is 0 Å². The third-order valence-electron chi connectivity index (χ3n) is 4.48. The van der Waals surface area contributed by atoms with E-state index in [9.17, 15) is 9.59 Å². The van der Waals surface area contributed by atoms with Crippen molar-refractivity contribution in [2.24, 2.45) is 0 Å². The third kappa shape index (κ3) is 3.71. The number of methoxy groups -OCH3 is 1. The van der Waals surface area contributed by atoms with Crippen LogP contribution in [0.4, 0.5) is 5.82 Å². The minimum atomic E-state index is -0.464. The van der Waals surface area contributed by atoms with Crippen molar-refractivity contribution in [1.29, 1.82) is 0 Å². The molecule has 25 heavy (non-hydrogen) atoms. The molecule has 0 saturated carbocycles. The van der Waals surface area contributed by atoms with Gasteiger partial charge in [0, 0.05) is 36.5 Å². The van der Waals surface area contributed by atoms with Crippen LogP contribution in [0.25, 0.3) is 0 Å². The lowest BCUT2D eigenvalue weighted by atomic mass is 9.97. The van der Waals surface area contributed by atoms with E-state index in [1.54, 1.807) is 25.1 Å². The third-order valence-corrected chi connectivity index (χ3v) is 4.48. The van der Waals surface area contributed by atoms with E-state index in [0.29, 0.717) is 28.4 Å². The van der Waals surface area contributed by atoms with Crippen molar-refractivity contribution in [2.45, 2.75) is 25.7 Å². The molecule has 0 bridgehead atoms. The predicted octanol–water partition coefficient (Wildman–Crippen LogP) is 2.65. The van der Waals surface area contributed by atoms with Crippen LogP contribution in [0.15, 0.2) is 24.3 Å². The number of esters is 1.